The summed E-state index contributed by atoms with van der Waals surface area (Å²) in [6, 6.07) is 6.66. The van der Waals surface area contributed by atoms with Gasteiger partial charge in [0.05, 0.1) is 4.90 Å². The van der Waals surface area contributed by atoms with Crippen LogP contribution in [0.5, 0.6) is 0 Å². The minimum Gasteiger partial charge on any atom is -0.479 e. The van der Waals surface area contributed by atoms with Gasteiger partial charge in [-0.05, 0) is 44.2 Å². The number of carboxylic acid groups (broad SMARTS) is 1. The molecular formula is C18H22N4O8S. The molecule has 0 radical (unpaired) electrons. The second kappa shape index (κ2) is 8.36. The first-order valence-corrected chi connectivity index (χ1v) is 10.5. The zero-order chi connectivity index (χ0) is 23.1. The SMILES string of the molecule is Cc1cc(C)nc(N(C2OC(C(=O)O)C(O)C(O)C2O)S(=O)(=O)c2ccc(N)cc2)n1. The number of benzene rings is 1. The van der Waals surface area contributed by atoms with Crippen LogP contribution in [-0.2, 0) is 19.6 Å². The maximum Gasteiger partial charge on any atom is 0.335 e. The van der Waals surface area contributed by atoms with Crippen molar-refractivity contribution in [2.24, 2.45) is 0 Å². The van der Waals surface area contributed by atoms with Gasteiger partial charge in [0.25, 0.3) is 10.0 Å². The third-order valence-electron chi connectivity index (χ3n) is 4.67. The minimum absolute atomic E-state index is 0.271. The lowest BCUT2D eigenvalue weighted by Crippen LogP contribution is -2.65. The van der Waals surface area contributed by atoms with Crippen molar-refractivity contribution in [3.8, 4) is 0 Å². The molecule has 0 aliphatic carbocycles. The van der Waals surface area contributed by atoms with Crippen LogP contribution in [0.4, 0.5) is 11.6 Å². The average molecular weight is 454 g/mol. The van der Waals surface area contributed by atoms with Gasteiger partial charge < -0.3 is 30.9 Å². The summed E-state index contributed by atoms with van der Waals surface area (Å²) in [4.78, 5) is 19.4. The molecule has 1 aromatic heterocycles. The summed E-state index contributed by atoms with van der Waals surface area (Å²) in [5.41, 5.74) is 6.70. The number of nitrogens with two attached hydrogens (primary N) is 1. The molecule has 1 aliphatic heterocycles. The lowest BCUT2D eigenvalue weighted by molar-refractivity contribution is -0.224. The van der Waals surface area contributed by atoms with E-state index in [4.69, 9.17) is 10.5 Å². The lowest BCUT2D eigenvalue weighted by atomic mass is 9.98. The van der Waals surface area contributed by atoms with Gasteiger partial charge in [-0.15, -0.1) is 0 Å². The fourth-order valence-electron chi connectivity index (χ4n) is 3.18. The Morgan fingerprint density at radius 3 is 2.10 bits per heavy atom. The zero-order valence-electron chi connectivity index (χ0n) is 16.5. The van der Waals surface area contributed by atoms with Gasteiger partial charge in [0.2, 0.25) is 5.95 Å². The number of sulfonamides is 1. The van der Waals surface area contributed by atoms with E-state index in [0.717, 1.165) is 0 Å². The van der Waals surface area contributed by atoms with Gasteiger partial charge in [-0.2, -0.15) is 0 Å². The number of aromatic nitrogens is 2. The molecular weight excluding hydrogens is 432 g/mol. The first kappa shape index (κ1) is 22.8. The van der Waals surface area contributed by atoms with E-state index in [1.54, 1.807) is 19.9 Å². The quantitative estimate of drug-likeness (QED) is 0.339. The van der Waals surface area contributed by atoms with Crippen molar-refractivity contribution in [1.82, 2.24) is 9.97 Å². The largest absolute Gasteiger partial charge is 0.479 e. The van der Waals surface area contributed by atoms with E-state index >= 15 is 0 Å². The van der Waals surface area contributed by atoms with Crippen molar-refractivity contribution in [3.05, 3.63) is 41.7 Å². The van der Waals surface area contributed by atoms with E-state index in [0.29, 0.717) is 21.4 Å². The number of rotatable bonds is 5. The molecule has 13 heteroatoms. The smallest absolute Gasteiger partial charge is 0.335 e. The number of ether oxygens (including phenoxy) is 1. The van der Waals surface area contributed by atoms with Gasteiger partial charge in [0.15, 0.2) is 12.3 Å². The number of anilines is 2. The van der Waals surface area contributed by atoms with Gasteiger partial charge in [-0.3, -0.25) is 0 Å². The molecule has 1 aromatic carbocycles. The number of aliphatic carboxylic acids is 1. The highest BCUT2D eigenvalue weighted by molar-refractivity contribution is 7.92. The third kappa shape index (κ3) is 4.31. The Bertz CT molecular complexity index is 1060. The molecule has 31 heavy (non-hydrogen) atoms. The molecule has 1 fully saturated rings. The molecule has 1 saturated heterocycles. The first-order valence-electron chi connectivity index (χ1n) is 9.08. The van der Waals surface area contributed by atoms with Crippen LogP contribution in [-0.4, -0.2) is 75.4 Å². The fraction of sp³-hybridized carbons (Fsp3) is 0.389. The summed E-state index contributed by atoms with van der Waals surface area (Å²) in [5, 5.41) is 40.0. The monoisotopic (exact) mass is 454 g/mol. The minimum atomic E-state index is -4.54. The predicted octanol–water partition coefficient (Wildman–Crippen LogP) is -1.24. The Morgan fingerprint density at radius 1 is 1.03 bits per heavy atom. The average Bonchev–Trinajstić information content (AvgIpc) is 2.67. The number of carboxylic acids is 1. The van der Waals surface area contributed by atoms with Crippen molar-refractivity contribution in [1.29, 1.82) is 0 Å². The van der Waals surface area contributed by atoms with Gasteiger partial charge in [0, 0.05) is 17.1 Å². The topological polar surface area (TPSA) is 196 Å². The summed E-state index contributed by atoms with van der Waals surface area (Å²) in [5.74, 6) is -2.07. The molecule has 6 N–H and O–H groups in total. The summed E-state index contributed by atoms with van der Waals surface area (Å²) < 4.78 is 32.7. The Balaban J connectivity index is 2.20. The second-order valence-electron chi connectivity index (χ2n) is 7.08. The number of aliphatic hydroxyl groups excluding tert-OH is 3. The number of carbonyl (C=O) groups is 1. The number of hydrogen-bond donors (Lipinski definition) is 5. The van der Waals surface area contributed by atoms with E-state index in [-0.39, 0.29) is 4.90 Å². The number of nitrogens with zero attached hydrogens (tertiary/aromatic N) is 3. The van der Waals surface area contributed by atoms with Crippen LogP contribution in [0, 0.1) is 13.8 Å². The van der Waals surface area contributed by atoms with Crippen molar-refractivity contribution in [3.63, 3.8) is 0 Å². The number of nitrogen functional groups attached to an aromatic ring is 1. The molecule has 12 nitrogen and oxygen atoms in total. The molecule has 5 unspecified atom stereocenters. The van der Waals surface area contributed by atoms with Crippen molar-refractivity contribution in [2.75, 3.05) is 10.0 Å². The predicted molar refractivity (Wildman–Crippen MR) is 106 cm³/mol. The summed E-state index contributed by atoms with van der Waals surface area (Å²) in [6.45, 7) is 3.17. The van der Waals surface area contributed by atoms with Crippen molar-refractivity contribution in [2.45, 2.75) is 49.4 Å². The summed E-state index contributed by atoms with van der Waals surface area (Å²) in [6.07, 6.45) is -10.00. The highest BCUT2D eigenvalue weighted by Gasteiger charge is 2.52. The Kier molecular flexibility index (Phi) is 6.16. The standard InChI is InChI=1S/C18H22N4O8S/c1-8-7-9(2)21-18(20-8)22(31(28,29)11-5-3-10(19)4-6-11)16-14(25)12(23)13(24)15(30-16)17(26)27/h3-7,12-16,23-25H,19H2,1-2H3,(H,26,27). The fourth-order valence-corrected chi connectivity index (χ4v) is 4.63. The van der Waals surface area contributed by atoms with E-state index in [2.05, 4.69) is 9.97 Å². The highest BCUT2D eigenvalue weighted by Crippen LogP contribution is 2.31. The van der Waals surface area contributed by atoms with Crippen LogP contribution in [0.3, 0.4) is 0 Å². The molecule has 0 amide bonds. The zero-order valence-corrected chi connectivity index (χ0v) is 17.3. The molecule has 0 saturated carbocycles. The third-order valence-corrected chi connectivity index (χ3v) is 6.42. The van der Waals surface area contributed by atoms with Crippen LogP contribution in [0.1, 0.15) is 11.4 Å². The number of aryl methyl sites for hydroxylation is 2. The van der Waals surface area contributed by atoms with Crippen molar-refractivity contribution < 1.29 is 38.4 Å². The van der Waals surface area contributed by atoms with E-state index < -0.39 is 52.6 Å². The normalized spacial score (nSPS) is 26.4. The molecule has 1 aliphatic rings. The van der Waals surface area contributed by atoms with E-state index in [9.17, 15) is 33.6 Å². The molecule has 2 aromatic rings. The molecule has 0 spiro atoms. The molecule has 3 rings (SSSR count). The van der Waals surface area contributed by atoms with Crippen molar-refractivity contribution >= 4 is 27.6 Å². The number of aliphatic hydroxyl groups is 3. The maximum absolute atomic E-state index is 13.5. The van der Waals surface area contributed by atoms with Gasteiger partial charge in [0.1, 0.15) is 18.3 Å². The molecule has 0 bridgehead atoms. The molecule has 168 valence electrons. The maximum atomic E-state index is 13.5. The second-order valence-corrected chi connectivity index (χ2v) is 8.89. The van der Waals surface area contributed by atoms with Crippen LogP contribution in [0.2, 0.25) is 0 Å². The summed E-state index contributed by atoms with van der Waals surface area (Å²) >= 11 is 0. The molecule has 2 heterocycles. The van der Waals surface area contributed by atoms with Crippen LogP contribution in [0.25, 0.3) is 0 Å². The van der Waals surface area contributed by atoms with Crippen LogP contribution >= 0.6 is 0 Å². The molecule has 5 atom stereocenters. The van der Waals surface area contributed by atoms with E-state index in [1.165, 1.54) is 24.3 Å². The Morgan fingerprint density at radius 2 is 1.58 bits per heavy atom. The van der Waals surface area contributed by atoms with Crippen LogP contribution in [0.15, 0.2) is 35.2 Å². The Hall–Kier alpha value is -2.84. The van der Waals surface area contributed by atoms with Gasteiger partial charge >= 0.3 is 5.97 Å². The Labute approximate surface area is 177 Å². The summed E-state index contributed by atoms with van der Waals surface area (Å²) in [7, 11) is -4.54. The van der Waals surface area contributed by atoms with Crippen LogP contribution < -0.4 is 10.0 Å². The number of hydrogen-bond acceptors (Lipinski definition) is 10. The van der Waals surface area contributed by atoms with E-state index in [1.807, 2.05) is 0 Å². The van der Waals surface area contributed by atoms with Gasteiger partial charge in [-0.25, -0.2) is 27.5 Å². The van der Waals surface area contributed by atoms with Gasteiger partial charge in [-0.1, -0.05) is 0 Å². The highest BCUT2D eigenvalue weighted by atomic mass is 32.2. The lowest BCUT2D eigenvalue weighted by Gasteiger charge is -2.42. The first-order chi connectivity index (χ1) is 14.4.